The van der Waals surface area contributed by atoms with Crippen LogP contribution in [0, 0.1) is 46.3 Å². The van der Waals surface area contributed by atoms with Crippen LogP contribution in [0.2, 0.25) is 0 Å². The number of aliphatic hydroxyl groups excluding tert-OH is 1. The predicted octanol–water partition coefficient (Wildman–Crippen LogP) is 10.5. The highest BCUT2D eigenvalue weighted by molar-refractivity contribution is 5.76. The molecule has 4 fully saturated rings. The van der Waals surface area contributed by atoms with Crippen molar-refractivity contribution in [2.45, 2.75) is 195 Å². The summed E-state index contributed by atoms with van der Waals surface area (Å²) >= 11 is 0. The number of unbranched alkanes of at least 4 members (excludes halogenated alkanes) is 10. The largest absolute Gasteiger partial charge is 0.463 e. The average molecular weight is 658 g/mol. The molecule has 0 bridgehead atoms. The van der Waals surface area contributed by atoms with Gasteiger partial charge < -0.3 is 14.7 Å². The van der Waals surface area contributed by atoms with Crippen LogP contribution < -0.4 is 0 Å². The van der Waals surface area contributed by atoms with Crippen LogP contribution in [0.5, 0.6) is 0 Å². The molecule has 272 valence electrons. The van der Waals surface area contributed by atoms with Crippen molar-refractivity contribution in [1.82, 2.24) is 4.90 Å². The van der Waals surface area contributed by atoms with E-state index in [4.69, 9.17) is 4.74 Å². The Morgan fingerprint density at radius 3 is 2.04 bits per heavy atom. The van der Waals surface area contributed by atoms with Gasteiger partial charge >= 0.3 is 5.97 Å². The Morgan fingerprint density at radius 1 is 0.809 bits per heavy atom. The van der Waals surface area contributed by atoms with E-state index in [-0.39, 0.29) is 29.0 Å². The molecule has 1 N–H and O–H groups in total. The lowest BCUT2D eigenvalue weighted by Crippen LogP contribution is -2.59. The highest BCUT2D eigenvalue weighted by Gasteiger charge is 2.63. The highest BCUT2D eigenvalue weighted by atomic mass is 16.5. The predicted molar refractivity (Wildman–Crippen MR) is 194 cm³/mol. The standard InChI is InChI=1S/C42H75NO4/c1-7-9-11-13-15-17-27-43(28-18-16-14-12-10-8-2)40(46)24-19-31(3)36-22-23-37-35-21-20-33-29-34(47-32(4)44)25-26-41(33,5)38(35)30-39(45)42(36,37)6/h31,33-39,45H,7-30H2,1-6H3/t31-,33-,34-,35+,36-,37+,38+,39+,41+,42-/m1/s1. The number of esters is 1. The molecule has 47 heavy (non-hydrogen) atoms. The Morgan fingerprint density at radius 2 is 1.43 bits per heavy atom. The van der Waals surface area contributed by atoms with Crippen molar-refractivity contribution >= 4 is 11.9 Å². The fraction of sp³-hybridized carbons (Fsp3) is 0.952. The lowest BCUT2D eigenvalue weighted by molar-refractivity contribution is -0.181. The maximum Gasteiger partial charge on any atom is 0.302 e. The van der Waals surface area contributed by atoms with Crippen molar-refractivity contribution in [3.8, 4) is 0 Å². The van der Waals surface area contributed by atoms with Crippen molar-refractivity contribution < 1.29 is 19.4 Å². The number of hydrogen-bond donors (Lipinski definition) is 1. The Kier molecular flexibility index (Phi) is 15.0. The van der Waals surface area contributed by atoms with Gasteiger partial charge in [0.2, 0.25) is 5.91 Å². The number of nitrogens with zero attached hydrogens (tertiary/aromatic N) is 1. The number of rotatable bonds is 19. The zero-order valence-corrected chi connectivity index (χ0v) is 31.7. The molecule has 1 amide bonds. The molecule has 5 nitrogen and oxygen atoms in total. The van der Waals surface area contributed by atoms with Gasteiger partial charge in [-0.2, -0.15) is 0 Å². The van der Waals surface area contributed by atoms with Crippen LogP contribution in [-0.2, 0) is 14.3 Å². The van der Waals surface area contributed by atoms with E-state index in [2.05, 4.69) is 39.5 Å². The number of carbonyl (C=O) groups excluding carboxylic acids is 2. The molecule has 4 aliphatic carbocycles. The molecule has 4 rings (SSSR count). The number of carbonyl (C=O) groups is 2. The Hall–Kier alpha value is -1.10. The van der Waals surface area contributed by atoms with Gasteiger partial charge in [-0.1, -0.05) is 98.8 Å². The Bertz CT molecular complexity index is 952. The summed E-state index contributed by atoms with van der Waals surface area (Å²) in [6, 6.07) is 0. The lowest BCUT2D eigenvalue weighted by atomic mass is 9.43. The molecule has 0 aliphatic heterocycles. The van der Waals surface area contributed by atoms with Gasteiger partial charge in [0.1, 0.15) is 6.10 Å². The van der Waals surface area contributed by atoms with Crippen molar-refractivity contribution in [1.29, 1.82) is 0 Å². The van der Waals surface area contributed by atoms with Crippen molar-refractivity contribution in [3.63, 3.8) is 0 Å². The van der Waals surface area contributed by atoms with E-state index in [1.54, 1.807) is 6.92 Å². The Labute approximate surface area is 290 Å². The van der Waals surface area contributed by atoms with Crippen LogP contribution in [0.25, 0.3) is 0 Å². The summed E-state index contributed by atoms with van der Waals surface area (Å²) in [5, 5.41) is 12.0. The maximum absolute atomic E-state index is 13.7. The van der Waals surface area contributed by atoms with Crippen LogP contribution in [0.1, 0.15) is 183 Å². The van der Waals surface area contributed by atoms with E-state index < -0.39 is 0 Å². The molecule has 5 heteroatoms. The van der Waals surface area contributed by atoms with E-state index >= 15 is 0 Å². The molecular formula is C42H75NO4. The SMILES string of the molecule is CCCCCCCCN(CCCCCCCC)C(=O)CC[C@@H](C)[C@H]1CC[C@H]2[C@@H]3CC[C@@H]4C[C@H](OC(C)=O)CC[C@]4(C)[C@H]3C[C@H](O)[C@]12C. The number of hydrogen-bond acceptors (Lipinski definition) is 4. The second-order valence-corrected chi connectivity index (χ2v) is 17.4. The summed E-state index contributed by atoms with van der Waals surface area (Å²) in [6.45, 7) is 15.3. The molecule has 4 aliphatic rings. The quantitative estimate of drug-likeness (QED) is 0.111. The van der Waals surface area contributed by atoms with Gasteiger partial charge in [0, 0.05) is 26.4 Å². The van der Waals surface area contributed by atoms with E-state index in [0.717, 1.165) is 58.0 Å². The molecule has 0 aromatic carbocycles. The molecule has 0 unspecified atom stereocenters. The number of ether oxygens (including phenoxy) is 1. The van der Waals surface area contributed by atoms with Gasteiger partial charge in [-0.05, 0) is 117 Å². The number of fused-ring (bicyclic) bond motifs is 5. The zero-order valence-electron chi connectivity index (χ0n) is 31.7. The summed E-state index contributed by atoms with van der Waals surface area (Å²) in [5.74, 6) is 3.62. The third-order valence-electron chi connectivity index (χ3n) is 14.5. The molecule has 0 heterocycles. The minimum Gasteiger partial charge on any atom is -0.463 e. The fourth-order valence-electron chi connectivity index (χ4n) is 11.7. The number of aliphatic hydroxyl groups is 1. The third kappa shape index (κ3) is 9.37. The smallest absolute Gasteiger partial charge is 0.302 e. The summed E-state index contributed by atoms with van der Waals surface area (Å²) in [4.78, 5) is 27.6. The first-order chi connectivity index (χ1) is 22.6. The van der Waals surface area contributed by atoms with Gasteiger partial charge in [-0.3, -0.25) is 9.59 Å². The second kappa shape index (κ2) is 18.2. The van der Waals surface area contributed by atoms with E-state index in [1.807, 2.05) is 0 Å². The number of amides is 1. The molecule has 10 atom stereocenters. The average Bonchev–Trinajstić information content (AvgIpc) is 3.41. The first-order valence-corrected chi connectivity index (χ1v) is 20.7. The molecular weight excluding hydrogens is 582 g/mol. The highest BCUT2D eigenvalue weighted by Crippen LogP contribution is 2.68. The van der Waals surface area contributed by atoms with Crippen LogP contribution >= 0.6 is 0 Å². The summed E-state index contributed by atoms with van der Waals surface area (Å²) < 4.78 is 5.68. The van der Waals surface area contributed by atoms with Crippen molar-refractivity contribution in [2.75, 3.05) is 13.1 Å². The molecule has 0 aromatic rings. The van der Waals surface area contributed by atoms with Gasteiger partial charge in [0.05, 0.1) is 6.10 Å². The summed E-state index contributed by atoms with van der Waals surface area (Å²) in [6.07, 6.45) is 25.6. The minimum absolute atomic E-state index is 0.0432. The lowest BCUT2D eigenvalue weighted by Gasteiger charge is -2.62. The molecule has 0 radical (unpaired) electrons. The zero-order chi connectivity index (χ0) is 34.0. The molecule has 4 saturated carbocycles. The second-order valence-electron chi connectivity index (χ2n) is 17.4. The van der Waals surface area contributed by atoms with Crippen LogP contribution in [0.3, 0.4) is 0 Å². The topological polar surface area (TPSA) is 66.8 Å². The normalized spacial score (nSPS) is 35.4. The monoisotopic (exact) mass is 658 g/mol. The minimum atomic E-state index is -0.266. The maximum atomic E-state index is 13.7. The Balaban J connectivity index is 1.33. The fourth-order valence-corrected chi connectivity index (χ4v) is 11.7. The van der Waals surface area contributed by atoms with Crippen LogP contribution in [0.15, 0.2) is 0 Å². The molecule has 0 spiro atoms. The van der Waals surface area contributed by atoms with E-state index in [0.29, 0.717) is 47.8 Å². The van der Waals surface area contributed by atoms with Gasteiger partial charge in [-0.25, -0.2) is 0 Å². The van der Waals surface area contributed by atoms with E-state index in [1.165, 1.54) is 89.9 Å². The first-order valence-electron chi connectivity index (χ1n) is 20.7. The first kappa shape index (κ1) is 38.7. The van der Waals surface area contributed by atoms with Gasteiger partial charge in [-0.15, -0.1) is 0 Å². The molecule has 0 aromatic heterocycles. The summed E-state index contributed by atoms with van der Waals surface area (Å²) in [5.41, 5.74) is 0.200. The van der Waals surface area contributed by atoms with Crippen LogP contribution in [-0.4, -0.2) is 47.2 Å². The van der Waals surface area contributed by atoms with Gasteiger partial charge in [0.25, 0.3) is 0 Å². The van der Waals surface area contributed by atoms with Crippen molar-refractivity contribution in [3.05, 3.63) is 0 Å². The third-order valence-corrected chi connectivity index (χ3v) is 14.5. The summed E-state index contributed by atoms with van der Waals surface area (Å²) in [7, 11) is 0. The van der Waals surface area contributed by atoms with Gasteiger partial charge in [0.15, 0.2) is 0 Å². The van der Waals surface area contributed by atoms with Crippen molar-refractivity contribution in [2.24, 2.45) is 46.3 Å². The van der Waals surface area contributed by atoms with E-state index in [9.17, 15) is 14.7 Å². The molecule has 0 saturated heterocycles. The van der Waals surface area contributed by atoms with Crippen LogP contribution in [0.4, 0.5) is 0 Å².